The number of rotatable bonds is 8. The Hall–Kier alpha value is -2.75. The van der Waals surface area contributed by atoms with E-state index < -0.39 is 0 Å². The molecule has 2 unspecified atom stereocenters. The number of nitrogens with one attached hydrogen (secondary N) is 3. The minimum atomic E-state index is 0.0875. The molecule has 0 fully saturated rings. The Morgan fingerprint density at radius 3 is 2.48 bits per heavy atom. The van der Waals surface area contributed by atoms with Gasteiger partial charge in [-0.25, -0.2) is 0 Å². The monoisotopic (exact) mass is 363 g/mol. The lowest BCUT2D eigenvalue weighted by molar-refractivity contribution is -0.120. The van der Waals surface area contributed by atoms with Gasteiger partial charge in [0.15, 0.2) is 0 Å². The molecule has 1 heterocycles. The summed E-state index contributed by atoms with van der Waals surface area (Å²) in [4.78, 5) is 12.4. The number of hydrogen-bond donors (Lipinski definition) is 3. The first-order chi connectivity index (χ1) is 13.2. The summed E-state index contributed by atoms with van der Waals surface area (Å²) in [6, 6.07) is 18.3. The van der Waals surface area contributed by atoms with E-state index in [9.17, 15) is 4.79 Å². The molecule has 0 aromatic heterocycles. The molecular formula is C23H29N3O. The lowest BCUT2D eigenvalue weighted by atomic mass is 9.98. The van der Waals surface area contributed by atoms with Gasteiger partial charge in [0, 0.05) is 17.8 Å². The van der Waals surface area contributed by atoms with E-state index in [4.69, 9.17) is 0 Å². The van der Waals surface area contributed by atoms with E-state index in [-0.39, 0.29) is 18.0 Å². The average Bonchev–Trinajstić information content (AvgIpc) is 3.20. The van der Waals surface area contributed by atoms with Crippen molar-refractivity contribution in [1.82, 2.24) is 10.6 Å². The third-order valence-corrected chi connectivity index (χ3v) is 5.06. The predicted molar refractivity (Wildman–Crippen MR) is 112 cm³/mol. The van der Waals surface area contributed by atoms with Crippen LogP contribution in [0.1, 0.15) is 56.8 Å². The first kappa shape index (κ1) is 19.0. The van der Waals surface area contributed by atoms with Crippen molar-refractivity contribution in [3.63, 3.8) is 0 Å². The second-order valence-corrected chi connectivity index (χ2v) is 7.03. The van der Waals surface area contributed by atoms with Crippen molar-refractivity contribution in [1.29, 1.82) is 0 Å². The van der Waals surface area contributed by atoms with E-state index >= 15 is 0 Å². The highest BCUT2D eigenvalue weighted by Gasteiger charge is 2.18. The molecule has 0 aliphatic carbocycles. The maximum Gasteiger partial charge on any atom is 0.227 e. The van der Waals surface area contributed by atoms with Crippen molar-refractivity contribution in [2.45, 2.75) is 45.7 Å². The summed E-state index contributed by atoms with van der Waals surface area (Å²) >= 11 is 0. The second kappa shape index (κ2) is 9.26. The van der Waals surface area contributed by atoms with Gasteiger partial charge in [-0.3, -0.25) is 4.79 Å². The molecule has 0 radical (unpaired) electrons. The summed E-state index contributed by atoms with van der Waals surface area (Å²) in [6.07, 6.45) is 6.15. The predicted octanol–water partition coefficient (Wildman–Crippen LogP) is 5.03. The highest BCUT2D eigenvalue weighted by molar-refractivity contribution is 5.92. The van der Waals surface area contributed by atoms with Crippen LogP contribution >= 0.6 is 0 Å². The fourth-order valence-corrected chi connectivity index (χ4v) is 3.35. The lowest BCUT2D eigenvalue weighted by Gasteiger charge is -2.16. The van der Waals surface area contributed by atoms with E-state index in [1.165, 1.54) is 5.56 Å². The van der Waals surface area contributed by atoms with E-state index in [0.717, 1.165) is 42.6 Å². The van der Waals surface area contributed by atoms with E-state index in [1.807, 2.05) is 48.7 Å². The van der Waals surface area contributed by atoms with Gasteiger partial charge in [0.25, 0.3) is 0 Å². The van der Waals surface area contributed by atoms with Crippen molar-refractivity contribution >= 4 is 17.3 Å². The zero-order valence-corrected chi connectivity index (χ0v) is 16.2. The van der Waals surface area contributed by atoms with Gasteiger partial charge >= 0.3 is 0 Å². The highest BCUT2D eigenvalue weighted by atomic mass is 16.1. The molecule has 142 valence electrons. The van der Waals surface area contributed by atoms with Crippen LogP contribution in [0.25, 0.3) is 5.70 Å². The van der Waals surface area contributed by atoms with Crippen LogP contribution in [0.4, 0.5) is 5.69 Å². The van der Waals surface area contributed by atoms with Crippen LogP contribution in [0.3, 0.4) is 0 Å². The zero-order chi connectivity index (χ0) is 19.1. The van der Waals surface area contributed by atoms with Crippen molar-refractivity contribution < 1.29 is 4.79 Å². The Morgan fingerprint density at radius 1 is 1.07 bits per heavy atom. The fourth-order valence-electron chi connectivity index (χ4n) is 3.35. The van der Waals surface area contributed by atoms with E-state index in [2.05, 4.69) is 41.9 Å². The number of hydrogen-bond acceptors (Lipinski definition) is 3. The Labute approximate surface area is 162 Å². The molecule has 1 aliphatic rings. The van der Waals surface area contributed by atoms with Crippen LogP contribution in [-0.2, 0) is 4.79 Å². The van der Waals surface area contributed by atoms with Crippen molar-refractivity contribution in [2.75, 3.05) is 5.32 Å². The average molecular weight is 364 g/mol. The zero-order valence-electron chi connectivity index (χ0n) is 16.2. The van der Waals surface area contributed by atoms with Crippen LogP contribution in [0.5, 0.6) is 0 Å². The highest BCUT2D eigenvalue weighted by Crippen LogP contribution is 2.24. The van der Waals surface area contributed by atoms with Crippen molar-refractivity contribution in [3.8, 4) is 0 Å². The topological polar surface area (TPSA) is 53.2 Å². The van der Waals surface area contributed by atoms with Gasteiger partial charge in [0.2, 0.25) is 5.91 Å². The molecule has 1 aliphatic heterocycles. The van der Waals surface area contributed by atoms with Gasteiger partial charge in [-0.05, 0) is 36.1 Å². The molecule has 0 saturated carbocycles. The van der Waals surface area contributed by atoms with Gasteiger partial charge in [0.05, 0.1) is 5.70 Å². The summed E-state index contributed by atoms with van der Waals surface area (Å²) in [5.41, 5.74) is 4.20. The maximum absolute atomic E-state index is 12.4. The SMILES string of the molecule is CCCCC(CC)C(=O)Nc1ccc(C2=CNC(c3ccccc3)N2)cc1. The lowest BCUT2D eigenvalue weighted by Crippen LogP contribution is -2.22. The van der Waals surface area contributed by atoms with Crippen LogP contribution in [0.2, 0.25) is 0 Å². The van der Waals surface area contributed by atoms with Crippen LogP contribution in [0, 0.1) is 5.92 Å². The normalized spacial score (nSPS) is 16.8. The molecule has 4 heteroatoms. The molecule has 2 aromatic rings. The van der Waals surface area contributed by atoms with E-state index in [0.29, 0.717) is 0 Å². The fraction of sp³-hybridized carbons (Fsp3) is 0.348. The van der Waals surface area contributed by atoms with Gasteiger partial charge in [0.1, 0.15) is 6.17 Å². The standard InChI is InChI=1S/C23H29N3O/c1-3-5-9-17(4-2)23(27)25-20-14-12-18(13-15-20)21-16-24-22(26-21)19-10-7-6-8-11-19/h6-8,10-17,22,24,26H,3-5,9H2,1-2H3,(H,25,27). The number of anilines is 1. The minimum Gasteiger partial charge on any atom is -0.366 e. The number of benzene rings is 2. The molecule has 0 saturated heterocycles. The molecule has 27 heavy (non-hydrogen) atoms. The van der Waals surface area contributed by atoms with Crippen LogP contribution < -0.4 is 16.0 Å². The molecule has 3 rings (SSSR count). The molecule has 1 amide bonds. The summed E-state index contributed by atoms with van der Waals surface area (Å²) in [7, 11) is 0. The molecule has 0 spiro atoms. The summed E-state index contributed by atoms with van der Waals surface area (Å²) in [6.45, 7) is 4.24. The van der Waals surface area contributed by atoms with Crippen LogP contribution in [0.15, 0.2) is 60.8 Å². The summed E-state index contributed by atoms with van der Waals surface area (Å²) in [5, 5.41) is 9.92. The van der Waals surface area contributed by atoms with Crippen molar-refractivity contribution in [2.24, 2.45) is 5.92 Å². The van der Waals surface area contributed by atoms with Gasteiger partial charge in [-0.1, -0.05) is 69.2 Å². The first-order valence-corrected chi connectivity index (χ1v) is 9.90. The third kappa shape index (κ3) is 4.91. The van der Waals surface area contributed by atoms with Crippen LogP contribution in [-0.4, -0.2) is 5.91 Å². The quantitative estimate of drug-likeness (QED) is 0.616. The van der Waals surface area contributed by atoms with Gasteiger partial charge in [-0.15, -0.1) is 0 Å². The molecule has 2 aromatic carbocycles. The van der Waals surface area contributed by atoms with E-state index in [1.54, 1.807) is 0 Å². The number of unbranched alkanes of at least 4 members (excludes halogenated alkanes) is 1. The largest absolute Gasteiger partial charge is 0.366 e. The summed E-state index contributed by atoms with van der Waals surface area (Å²) in [5.74, 6) is 0.224. The molecule has 4 nitrogen and oxygen atoms in total. The number of carbonyl (C=O) groups is 1. The molecule has 2 atom stereocenters. The Balaban J connectivity index is 1.58. The Morgan fingerprint density at radius 2 is 1.81 bits per heavy atom. The molecule has 3 N–H and O–H groups in total. The molecular weight excluding hydrogens is 334 g/mol. The summed E-state index contributed by atoms with van der Waals surface area (Å²) < 4.78 is 0. The Bertz CT molecular complexity index is 768. The van der Waals surface area contributed by atoms with Gasteiger partial charge in [-0.2, -0.15) is 0 Å². The maximum atomic E-state index is 12.4. The van der Waals surface area contributed by atoms with Crippen molar-refractivity contribution in [3.05, 3.63) is 71.9 Å². The smallest absolute Gasteiger partial charge is 0.227 e. The molecule has 0 bridgehead atoms. The number of carbonyl (C=O) groups excluding carboxylic acids is 1. The second-order valence-electron chi connectivity index (χ2n) is 7.03. The van der Waals surface area contributed by atoms with Gasteiger partial charge < -0.3 is 16.0 Å². The first-order valence-electron chi connectivity index (χ1n) is 9.90. The number of amides is 1. The minimum absolute atomic E-state index is 0.0875. The third-order valence-electron chi connectivity index (χ3n) is 5.06. The Kier molecular flexibility index (Phi) is 6.53.